The third-order valence-electron chi connectivity index (χ3n) is 5.27. The van der Waals surface area contributed by atoms with Gasteiger partial charge in [0.25, 0.3) is 20.2 Å². The monoisotopic (exact) mass is 577 g/mol. The zero-order valence-electron chi connectivity index (χ0n) is 21.2. The van der Waals surface area contributed by atoms with E-state index >= 15 is 0 Å². The number of hydrogen-bond acceptors (Lipinski definition) is 8. The van der Waals surface area contributed by atoms with Crippen molar-refractivity contribution in [2.75, 3.05) is 51.1 Å². The molecule has 0 radical (unpaired) electrons. The van der Waals surface area contributed by atoms with Crippen LogP contribution >= 0.6 is 11.8 Å². The largest absolute Gasteiger partial charge is 0.412 e. The zero-order chi connectivity index (χ0) is 27.1. The molecule has 1 atom stereocenters. The molecule has 5 N–H and O–H groups in total. The van der Waals surface area contributed by atoms with Gasteiger partial charge in [0, 0.05) is 54.6 Å². The quantitative estimate of drug-likeness (QED) is 0.446. The minimum atomic E-state index is -3.67. The highest BCUT2D eigenvalue weighted by Gasteiger charge is 2.29. The molecule has 0 saturated carbocycles. The fourth-order valence-electron chi connectivity index (χ4n) is 3.85. The van der Waals surface area contributed by atoms with Crippen molar-refractivity contribution in [2.24, 2.45) is 0 Å². The van der Waals surface area contributed by atoms with E-state index in [9.17, 15) is 21.6 Å². The summed E-state index contributed by atoms with van der Waals surface area (Å²) < 4.78 is 51.7. The first kappa shape index (κ1) is 33.0. The van der Waals surface area contributed by atoms with Crippen LogP contribution in [0.4, 0.5) is 5.69 Å². The lowest BCUT2D eigenvalue weighted by Gasteiger charge is -2.38. The van der Waals surface area contributed by atoms with Crippen molar-refractivity contribution in [3.63, 3.8) is 0 Å². The van der Waals surface area contributed by atoms with Gasteiger partial charge in [-0.05, 0) is 48.9 Å². The molecule has 37 heavy (non-hydrogen) atoms. The Balaban J connectivity index is 0.000000534. The Morgan fingerprint density at radius 2 is 1.49 bits per heavy atom. The van der Waals surface area contributed by atoms with Crippen LogP contribution in [0.15, 0.2) is 52.3 Å². The molecule has 2 aromatic carbocycles. The van der Waals surface area contributed by atoms with E-state index in [1.54, 1.807) is 6.92 Å². The molecule has 14 heteroatoms. The summed E-state index contributed by atoms with van der Waals surface area (Å²) >= 11 is 1.85. The maximum atomic E-state index is 11.5. The average Bonchev–Trinajstić information content (AvgIpc) is 2.88. The Morgan fingerprint density at radius 3 is 2.03 bits per heavy atom. The summed E-state index contributed by atoms with van der Waals surface area (Å²) in [5.74, 6) is -0.0225. The number of benzene rings is 2. The predicted molar refractivity (Wildman–Crippen MR) is 145 cm³/mol. The summed E-state index contributed by atoms with van der Waals surface area (Å²) in [6, 6.07) is 15.4. The normalized spacial score (nSPS) is 17.7. The lowest BCUT2D eigenvalue weighted by Crippen LogP contribution is -2.46. The number of anilines is 1. The van der Waals surface area contributed by atoms with Crippen LogP contribution in [0.3, 0.4) is 0 Å². The van der Waals surface area contributed by atoms with Gasteiger partial charge in [-0.1, -0.05) is 30.0 Å². The first-order chi connectivity index (χ1) is 16.6. The number of carbonyl (C=O) groups excluding carboxylic acids is 1. The Labute approximate surface area is 223 Å². The van der Waals surface area contributed by atoms with Gasteiger partial charge in [0.1, 0.15) is 0 Å². The number of nitrogens with zero attached hydrogens (tertiary/aromatic N) is 2. The third kappa shape index (κ3) is 12.8. The molecule has 0 aromatic heterocycles. The molecule has 0 bridgehead atoms. The van der Waals surface area contributed by atoms with Crippen molar-refractivity contribution in [1.29, 1.82) is 0 Å². The fraction of sp³-hybridized carbons (Fsp3) is 0.435. The van der Waals surface area contributed by atoms with Crippen molar-refractivity contribution < 1.29 is 36.2 Å². The zero-order valence-corrected chi connectivity index (χ0v) is 23.7. The molecule has 1 unspecified atom stereocenters. The molecule has 2 heterocycles. The van der Waals surface area contributed by atoms with Gasteiger partial charge in [0.15, 0.2) is 0 Å². The van der Waals surface area contributed by atoms with Gasteiger partial charge >= 0.3 is 0 Å². The van der Waals surface area contributed by atoms with Gasteiger partial charge in [-0.3, -0.25) is 18.8 Å². The smallest absolute Gasteiger partial charge is 0.261 e. The first-order valence-corrected chi connectivity index (χ1v) is 15.6. The number of hydrogen-bond donors (Lipinski definition) is 3. The molecule has 4 rings (SSSR count). The molecule has 2 aliphatic heterocycles. The molecule has 0 spiro atoms. The van der Waals surface area contributed by atoms with Gasteiger partial charge in [0.05, 0.1) is 12.5 Å². The highest BCUT2D eigenvalue weighted by Crippen LogP contribution is 2.43. The van der Waals surface area contributed by atoms with E-state index in [1.165, 1.54) is 20.9 Å². The Hall–Kier alpha value is -2.04. The van der Waals surface area contributed by atoms with E-state index < -0.39 is 20.2 Å². The van der Waals surface area contributed by atoms with Crippen LogP contribution in [0.2, 0.25) is 0 Å². The number of nitrogens with one attached hydrogen (secondary N) is 1. The number of amides is 1. The topological polar surface area (TPSA) is 176 Å². The van der Waals surface area contributed by atoms with Gasteiger partial charge in [-0.2, -0.15) is 16.8 Å². The number of likely N-dealkylation sites (N-methyl/N-ethyl adjacent to an activating group) is 1. The fourth-order valence-corrected chi connectivity index (χ4v) is 4.97. The molecule has 1 saturated heterocycles. The van der Waals surface area contributed by atoms with Crippen LogP contribution in [0.25, 0.3) is 0 Å². The second kappa shape index (κ2) is 14.2. The molecule has 2 aliphatic rings. The van der Waals surface area contributed by atoms with Crippen LogP contribution in [0.1, 0.15) is 24.1 Å². The second-order valence-electron chi connectivity index (χ2n) is 8.67. The summed E-state index contributed by atoms with van der Waals surface area (Å²) in [5, 5.41) is 2.95. The first-order valence-electron chi connectivity index (χ1n) is 11.0. The van der Waals surface area contributed by atoms with Crippen LogP contribution < -0.4 is 5.32 Å². The Bertz CT molecular complexity index is 1220. The molecular weight excluding hydrogens is 542 g/mol. The molecular formula is C23H35N3O8S3. The number of carbonyl (C=O) groups is 1. The highest BCUT2D eigenvalue weighted by atomic mass is 32.2. The maximum absolute atomic E-state index is 11.5. The van der Waals surface area contributed by atoms with E-state index in [4.69, 9.17) is 9.11 Å². The molecule has 11 nitrogen and oxygen atoms in total. The average molecular weight is 578 g/mol. The summed E-state index contributed by atoms with van der Waals surface area (Å²) in [7, 11) is -5.14. The van der Waals surface area contributed by atoms with E-state index in [0.717, 1.165) is 38.3 Å². The summed E-state index contributed by atoms with van der Waals surface area (Å²) in [5.41, 5.74) is 3.64. The number of piperazine rings is 1. The van der Waals surface area contributed by atoms with Crippen molar-refractivity contribution in [2.45, 2.75) is 29.2 Å². The van der Waals surface area contributed by atoms with Gasteiger partial charge in [-0.15, -0.1) is 0 Å². The van der Waals surface area contributed by atoms with E-state index in [-0.39, 0.29) is 11.4 Å². The van der Waals surface area contributed by atoms with Crippen molar-refractivity contribution >= 4 is 43.6 Å². The van der Waals surface area contributed by atoms with Crippen molar-refractivity contribution in [3.05, 3.63) is 53.6 Å². The maximum Gasteiger partial charge on any atom is 0.261 e. The SMILES string of the molecule is CC(=O)Nc1ccc2c(c1)C(N1CCN(C)CC1)Cc1ccccc1S2.CS(=O)(=O)O.CS(=O)(=O)O.O. The molecule has 0 aliphatic carbocycles. The van der Waals surface area contributed by atoms with Crippen LogP contribution in [-0.4, -0.2) is 92.9 Å². The minimum Gasteiger partial charge on any atom is -0.412 e. The lowest BCUT2D eigenvalue weighted by molar-refractivity contribution is -0.114. The molecule has 1 amide bonds. The van der Waals surface area contributed by atoms with E-state index in [1.807, 2.05) is 17.8 Å². The van der Waals surface area contributed by atoms with Crippen molar-refractivity contribution in [3.8, 4) is 0 Å². The van der Waals surface area contributed by atoms with Gasteiger partial charge < -0.3 is 15.7 Å². The minimum absolute atomic E-state index is 0. The molecule has 208 valence electrons. The van der Waals surface area contributed by atoms with Crippen LogP contribution in [0.5, 0.6) is 0 Å². The van der Waals surface area contributed by atoms with E-state index in [0.29, 0.717) is 18.6 Å². The molecule has 2 aromatic rings. The predicted octanol–water partition coefficient (Wildman–Crippen LogP) is 1.82. The number of fused-ring (bicyclic) bond motifs is 2. The standard InChI is InChI=1S/C21H25N3OS.2CH4O3S.H2O/c1-15(25)22-17-7-8-21-18(14-17)19(24-11-9-23(2)10-12-24)13-16-5-3-4-6-20(16)26-21;2*1-5(2,3)4;/h3-8,14,19H,9-13H2,1-2H3,(H,22,25);2*1H3,(H,2,3,4);1H2. The third-order valence-corrected chi connectivity index (χ3v) is 6.48. The summed E-state index contributed by atoms with van der Waals surface area (Å²) in [6.07, 6.45) is 2.45. The highest BCUT2D eigenvalue weighted by molar-refractivity contribution is 7.99. The number of rotatable bonds is 2. The second-order valence-corrected chi connectivity index (χ2v) is 12.7. The summed E-state index contributed by atoms with van der Waals surface area (Å²) in [4.78, 5) is 19.2. The van der Waals surface area contributed by atoms with E-state index in [2.05, 4.69) is 58.6 Å². The molecule has 1 fully saturated rings. The lowest BCUT2D eigenvalue weighted by atomic mass is 9.96. The Kier molecular flexibility index (Phi) is 12.7. The van der Waals surface area contributed by atoms with Crippen LogP contribution in [0, 0.1) is 0 Å². The van der Waals surface area contributed by atoms with Gasteiger partial charge in [-0.25, -0.2) is 0 Å². The van der Waals surface area contributed by atoms with Crippen LogP contribution in [-0.2, 0) is 31.5 Å². The van der Waals surface area contributed by atoms with Crippen molar-refractivity contribution in [1.82, 2.24) is 9.80 Å². The Morgan fingerprint density at radius 1 is 0.946 bits per heavy atom. The summed E-state index contributed by atoms with van der Waals surface area (Å²) in [6.45, 7) is 5.93. The van der Waals surface area contributed by atoms with Gasteiger partial charge in [0.2, 0.25) is 5.91 Å².